The van der Waals surface area contributed by atoms with E-state index in [-0.39, 0.29) is 5.91 Å². The van der Waals surface area contributed by atoms with Crippen LogP contribution in [0.15, 0.2) is 30.9 Å². The van der Waals surface area contributed by atoms with Crippen molar-refractivity contribution >= 4 is 11.7 Å². The molecule has 134 valence electrons. The highest BCUT2D eigenvalue weighted by Crippen LogP contribution is 2.23. The molecule has 1 aliphatic rings. The molecule has 0 aromatic carbocycles. The van der Waals surface area contributed by atoms with Gasteiger partial charge in [-0.25, -0.2) is 4.98 Å². The lowest BCUT2D eigenvalue weighted by Gasteiger charge is -2.33. The normalized spacial score (nSPS) is 17.5. The van der Waals surface area contributed by atoms with Gasteiger partial charge in [0.2, 0.25) is 5.91 Å². The number of nitrogens with zero attached hydrogens (tertiary/aromatic N) is 5. The van der Waals surface area contributed by atoms with Crippen molar-refractivity contribution in [2.75, 3.05) is 25.5 Å². The van der Waals surface area contributed by atoms with Crippen LogP contribution in [-0.2, 0) is 17.8 Å². The smallest absolute Gasteiger partial charge is 0.222 e. The quantitative estimate of drug-likeness (QED) is 0.833. The van der Waals surface area contributed by atoms with Gasteiger partial charge in [-0.15, -0.1) is 0 Å². The zero-order chi connectivity index (χ0) is 17.5. The van der Waals surface area contributed by atoms with Crippen molar-refractivity contribution in [2.24, 2.45) is 5.92 Å². The molecular weight excluding hydrogens is 316 g/mol. The van der Waals surface area contributed by atoms with E-state index >= 15 is 0 Å². The number of aryl methyl sites for hydroxylation is 1. The van der Waals surface area contributed by atoms with Crippen molar-refractivity contribution in [3.05, 3.63) is 36.5 Å². The number of amides is 1. The van der Waals surface area contributed by atoms with Crippen molar-refractivity contribution in [1.29, 1.82) is 0 Å². The van der Waals surface area contributed by atoms with Gasteiger partial charge in [0.05, 0.1) is 5.69 Å². The summed E-state index contributed by atoms with van der Waals surface area (Å²) in [5, 5.41) is 7.27. The number of rotatable bonds is 7. The first-order valence-corrected chi connectivity index (χ1v) is 8.99. The molecule has 0 radical (unpaired) electrons. The zero-order valence-electron chi connectivity index (χ0n) is 14.8. The second kappa shape index (κ2) is 8.60. The van der Waals surface area contributed by atoms with E-state index in [1.54, 1.807) is 18.6 Å². The van der Waals surface area contributed by atoms with Crippen LogP contribution in [0, 0.1) is 5.92 Å². The third-order valence-electron chi connectivity index (χ3n) is 4.70. The molecule has 1 saturated heterocycles. The highest BCUT2D eigenvalue weighted by Gasteiger charge is 2.24. The lowest BCUT2D eigenvalue weighted by Crippen LogP contribution is -2.40. The molecule has 0 spiro atoms. The molecule has 1 N–H and O–H groups in total. The van der Waals surface area contributed by atoms with E-state index in [9.17, 15) is 4.79 Å². The average Bonchev–Trinajstić information content (AvgIpc) is 3.16. The van der Waals surface area contributed by atoms with E-state index in [1.165, 1.54) is 0 Å². The van der Waals surface area contributed by atoms with Crippen molar-refractivity contribution in [3.63, 3.8) is 0 Å². The van der Waals surface area contributed by atoms with Crippen LogP contribution >= 0.6 is 0 Å². The first kappa shape index (κ1) is 17.4. The molecule has 3 rings (SSSR count). The predicted molar refractivity (Wildman–Crippen MR) is 96.0 cm³/mol. The van der Waals surface area contributed by atoms with Gasteiger partial charge in [0, 0.05) is 57.9 Å². The Hall–Kier alpha value is -2.44. The Morgan fingerprint density at radius 1 is 1.32 bits per heavy atom. The van der Waals surface area contributed by atoms with Gasteiger partial charge >= 0.3 is 0 Å². The molecule has 1 amide bonds. The third-order valence-corrected chi connectivity index (χ3v) is 4.70. The Morgan fingerprint density at radius 2 is 2.20 bits per heavy atom. The molecule has 1 atom stereocenters. The van der Waals surface area contributed by atoms with Crippen molar-refractivity contribution in [3.8, 4) is 0 Å². The average molecular weight is 342 g/mol. The van der Waals surface area contributed by atoms with Crippen LogP contribution in [0.4, 0.5) is 5.82 Å². The Labute approximate surface area is 148 Å². The summed E-state index contributed by atoms with van der Waals surface area (Å²) in [4.78, 5) is 23.3. The summed E-state index contributed by atoms with van der Waals surface area (Å²) in [6.45, 7) is 2.48. The Morgan fingerprint density at radius 3 is 3.00 bits per heavy atom. The van der Waals surface area contributed by atoms with Crippen molar-refractivity contribution < 1.29 is 4.79 Å². The molecular formula is C18H26N6O. The molecule has 2 aromatic heterocycles. The third kappa shape index (κ3) is 4.78. The number of carbonyl (C=O) groups excluding carboxylic acids is 1. The van der Waals surface area contributed by atoms with Crippen LogP contribution in [0.1, 0.15) is 31.4 Å². The monoisotopic (exact) mass is 342 g/mol. The zero-order valence-corrected chi connectivity index (χ0v) is 14.8. The van der Waals surface area contributed by atoms with Crippen LogP contribution < -0.4 is 5.32 Å². The number of hydrogen-bond donors (Lipinski definition) is 1. The van der Waals surface area contributed by atoms with Crippen LogP contribution in [0.5, 0.6) is 0 Å². The largest absolute Gasteiger partial charge is 0.372 e. The fourth-order valence-electron chi connectivity index (χ4n) is 3.44. The maximum atomic E-state index is 12.5. The molecule has 1 aliphatic heterocycles. The van der Waals surface area contributed by atoms with Gasteiger partial charge in [0.1, 0.15) is 5.82 Å². The number of aromatic nitrogens is 4. The summed E-state index contributed by atoms with van der Waals surface area (Å²) >= 11 is 0. The SMILES string of the molecule is CNc1nccnc1CC1CCCN(C(=O)CCCn2cccn2)C1. The second-order valence-corrected chi connectivity index (χ2v) is 6.53. The number of likely N-dealkylation sites (tertiary alicyclic amines) is 1. The predicted octanol–water partition coefficient (Wildman–Crippen LogP) is 1.98. The fraction of sp³-hybridized carbons (Fsp3) is 0.556. The van der Waals surface area contributed by atoms with Gasteiger partial charge in [0.25, 0.3) is 0 Å². The molecule has 7 nitrogen and oxygen atoms in total. The maximum absolute atomic E-state index is 12.5. The van der Waals surface area contributed by atoms with Gasteiger partial charge < -0.3 is 10.2 Å². The summed E-state index contributed by atoms with van der Waals surface area (Å²) in [6.07, 6.45) is 11.6. The number of anilines is 1. The summed E-state index contributed by atoms with van der Waals surface area (Å²) in [5.41, 5.74) is 0.989. The van der Waals surface area contributed by atoms with Gasteiger partial charge in [-0.2, -0.15) is 5.10 Å². The molecule has 3 heterocycles. The standard InChI is InChI=1S/C18H26N6O/c1-19-18-16(20-8-9-21-18)13-15-5-2-10-23(14-15)17(25)6-3-11-24-12-4-7-22-24/h4,7-9,12,15H,2-3,5-6,10-11,13-14H2,1H3,(H,19,21). The van der Waals surface area contributed by atoms with E-state index in [2.05, 4.69) is 20.4 Å². The van der Waals surface area contributed by atoms with Gasteiger partial charge in [-0.3, -0.25) is 14.5 Å². The molecule has 2 aromatic rings. The summed E-state index contributed by atoms with van der Waals surface area (Å²) < 4.78 is 1.87. The van der Waals surface area contributed by atoms with Gasteiger partial charge in [-0.1, -0.05) is 0 Å². The molecule has 1 unspecified atom stereocenters. The van der Waals surface area contributed by atoms with E-state index < -0.39 is 0 Å². The van der Waals surface area contributed by atoms with Gasteiger partial charge in [0.15, 0.2) is 0 Å². The van der Waals surface area contributed by atoms with Crippen LogP contribution in [0.25, 0.3) is 0 Å². The van der Waals surface area contributed by atoms with Crippen LogP contribution in [0.3, 0.4) is 0 Å². The second-order valence-electron chi connectivity index (χ2n) is 6.53. The minimum absolute atomic E-state index is 0.254. The Balaban J connectivity index is 1.49. The lowest BCUT2D eigenvalue weighted by molar-refractivity contribution is -0.133. The van der Waals surface area contributed by atoms with E-state index in [0.29, 0.717) is 12.3 Å². The first-order valence-electron chi connectivity index (χ1n) is 8.99. The molecule has 0 aliphatic carbocycles. The highest BCUT2D eigenvalue weighted by atomic mass is 16.2. The van der Waals surface area contributed by atoms with E-state index in [0.717, 1.165) is 56.8 Å². The number of nitrogens with one attached hydrogen (secondary N) is 1. The minimum Gasteiger partial charge on any atom is -0.372 e. The summed E-state index contributed by atoms with van der Waals surface area (Å²) in [7, 11) is 1.86. The molecule has 0 saturated carbocycles. The number of carbonyl (C=O) groups is 1. The van der Waals surface area contributed by atoms with E-state index in [1.807, 2.05) is 28.9 Å². The minimum atomic E-state index is 0.254. The fourth-order valence-corrected chi connectivity index (χ4v) is 3.44. The van der Waals surface area contributed by atoms with Gasteiger partial charge in [-0.05, 0) is 37.7 Å². The van der Waals surface area contributed by atoms with Crippen LogP contribution in [0.2, 0.25) is 0 Å². The first-order chi connectivity index (χ1) is 12.3. The number of hydrogen-bond acceptors (Lipinski definition) is 5. The van der Waals surface area contributed by atoms with Crippen LogP contribution in [-0.4, -0.2) is 50.7 Å². The lowest BCUT2D eigenvalue weighted by atomic mass is 9.93. The topological polar surface area (TPSA) is 75.9 Å². The summed E-state index contributed by atoms with van der Waals surface area (Å²) in [6, 6.07) is 1.91. The molecule has 0 bridgehead atoms. The van der Waals surface area contributed by atoms with E-state index in [4.69, 9.17) is 0 Å². The Kier molecular flexibility index (Phi) is 5.98. The molecule has 7 heteroatoms. The highest BCUT2D eigenvalue weighted by molar-refractivity contribution is 5.76. The van der Waals surface area contributed by atoms with Crippen molar-refractivity contribution in [2.45, 2.75) is 38.6 Å². The Bertz CT molecular complexity index is 672. The van der Waals surface area contributed by atoms with Crippen molar-refractivity contribution in [1.82, 2.24) is 24.6 Å². The molecule has 1 fully saturated rings. The molecule has 25 heavy (non-hydrogen) atoms. The number of piperidine rings is 1. The summed E-state index contributed by atoms with van der Waals surface area (Å²) in [5.74, 6) is 1.54. The maximum Gasteiger partial charge on any atom is 0.222 e.